The summed E-state index contributed by atoms with van der Waals surface area (Å²) in [4.78, 5) is 43.1. The number of ketones is 2. The zero-order chi connectivity index (χ0) is 25.1. The van der Waals surface area contributed by atoms with Gasteiger partial charge in [0.1, 0.15) is 28.4 Å². The van der Waals surface area contributed by atoms with Crippen molar-refractivity contribution in [1.29, 1.82) is 0 Å². The number of aliphatic hydroxyl groups excluding tert-OH is 2. The maximum atomic E-state index is 13.4. The molecule has 9 nitrogen and oxygen atoms in total. The highest BCUT2D eigenvalue weighted by atomic mass is 16.6. The number of phenolic OH excluding ortho intramolecular Hbond substituents is 1. The van der Waals surface area contributed by atoms with Crippen molar-refractivity contribution in [3.8, 4) is 5.75 Å². The van der Waals surface area contributed by atoms with Crippen LogP contribution in [0.1, 0.15) is 57.2 Å². The first-order valence-corrected chi connectivity index (χ1v) is 11.1. The number of amides is 1. The SMILES string of the molecule is C/C(=N\OC(C)(C)C)c1ccc(O)c2c1CC1CC3CC(=O)C(C(N)=O)=C(O)C3C(=O)C1=C2O. The van der Waals surface area contributed by atoms with E-state index in [-0.39, 0.29) is 29.1 Å². The van der Waals surface area contributed by atoms with E-state index in [2.05, 4.69) is 5.16 Å². The first-order valence-electron chi connectivity index (χ1n) is 11.1. The lowest BCUT2D eigenvalue weighted by Crippen LogP contribution is -2.44. The second-order valence-electron chi connectivity index (χ2n) is 10.1. The predicted molar refractivity (Wildman–Crippen MR) is 123 cm³/mol. The second-order valence-corrected chi connectivity index (χ2v) is 10.1. The number of aromatic hydroxyl groups is 1. The van der Waals surface area contributed by atoms with Gasteiger partial charge >= 0.3 is 0 Å². The molecule has 0 saturated heterocycles. The monoisotopic (exact) mass is 468 g/mol. The molecule has 0 bridgehead atoms. The van der Waals surface area contributed by atoms with Crippen LogP contribution in [-0.4, -0.2) is 44.1 Å². The molecule has 1 aromatic rings. The number of Topliss-reactive ketones (excluding diaryl/α,β-unsaturated/α-hetero) is 2. The van der Waals surface area contributed by atoms with Gasteiger partial charge in [-0.3, -0.25) is 14.4 Å². The van der Waals surface area contributed by atoms with Gasteiger partial charge in [0.25, 0.3) is 5.91 Å². The van der Waals surface area contributed by atoms with Crippen LogP contribution < -0.4 is 5.73 Å². The van der Waals surface area contributed by atoms with Gasteiger partial charge in [0.15, 0.2) is 11.6 Å². The highest BCUT2D eigenvalue weighted by Gasteiger charge is 2.51. The molecule has 1 aromatic carbocycles. The van der Waals surface area contributed by atoms with Crippen LogP contribution in [0, 0.1) is 17.8 Å². The smallest absolute Gasteiger partial charge is 0.255 e. The average Bonchev–Trinajstić information content (AvgIpc) is 2.70. The molecule has 5 N–H and O–H groups in total. The van der Waals surface area contributed by atoms with Gasteiger partial charge in [-0.2, -0.15) is 0 Å². The molecule has 1 saturated carbocycles. The fraction of sp³-hybridized carbons (Fsp3) is 0.440. The van der Waals surface area contributed by atoms with Crippen LogP contribution in [0.3, 0.4) is 0 Å². The largest absolute Gasteiger partial charge is 0.511 e. The Labute approximate surface area is 196 Å². The topological polar surface area (TPSA) is 160 Å². The highest BCUT2D eigenvalue weighted by molar-refractivity contribution is 6.21. The van der Waals surface area contributed by atoms with Gasteiger partial charge in [0.05, 0.1) is 17.2 Å². The summed E-state index contributed by atoms with van der Waals surface area (Å²) >= 11 is 0. The standard InChI is InChI=1S/C25H28N2O7/c1-10(27-34-25(2,3)4)13-5-6-15(28)19-14(13)8-11-7-12-9-16(29)20(24(26)33)23(32)18(12)21(30)17(11)22(19)31/h5-6,11-12,18,28,31-32H,7-9H2,1-4H3,(H2,26,33)/b27-10+. The molecule has 3 aliphatic carbocycles. The fourth-order valence-electron chi connectivity index (χ4n) is 5.23. The first-order chi connectivity index (χ1) is 15.8. The summed E-state index contributed by atoms with van der Waals surface area (Å²) < 4.78 is 0. The third-order valence-electron chi connectivity index (χ3n) is 6.62. The number of nitrogens with zero attached hydrogens (tertiary/aromatic N) is 1. The number of carbonyl (C=O) groups is 3. The minimum absolute atomic E-state index is 0.0754. The van der Waals surface area contributed by atoms with Crippen molar-refractivity contribution in [2.75, 3.05) is 0 Å². The van der Waals surface area contributed by atoms with Gasteiger partial charge in [-0.25, -0.2) is 0 Å². The number of hydrogen-bond acceptors (Lipinski definition) is 8. The molecule has 3 aliphatic rings. The zero-order valence-corrected chi connectivity index (χ0v) is 19.5. The molecule has 0 spiro atoms. The van der Waals surface area contributed by atoms with E-state index in [1.165, 1.54) is 6.07 Å². The fourth-order valence-corrected chi connectivity index (χ4v) is 5.23. The van der Waals surface area contributed by atoms with Crippen molar-refractivity contribution < 1.29 is 34.5 Å². The molecule has 1 fully saturated rings. The summed E-state index contributed by atoms with van der Waals surface area (Å²) in [6.07, 6.45) is 0.556. The van der Waals surface area contributed by atoms with Gasteiger partial charge in [-0.05, 0) is 70.1 Å². The van der Waals surface area contributed by atoms with Crippen LogP contribution >= 0.6 is 0 Å². The Hall–Kier alpha value is -3.62. The Balaban J connectivity index is 1.83. The minimum Gasteiger partial charge on any atom is -0.511 e. The first kappa shape index (κ1) is 23.5. The summed E-state index contributed by atoms with van der Waals surface area (Å²) in [5, 5.41) is 36.5. The van der Waals surface area contributed by atoms with E-state index in [1.807, 2.05) is 20.8 Å². The minimum atomic E-state index is -1.14. The Morgan fingerprint density at radius 2 is 1.82 bits per heavy atom. The number of benzene rings is 1. The summed E-state index contributed by atoms with van der Waals surface area (Å²) in [6.45, 7) is 7.34. The molecule has 0 radical (unpaired) electrons. The van der Waals surface area contributed by atoms with Gasteiger partial charge in [-0.1, -0.05) is 5.16 Å². The number of rotatable bonds is 3. The van der Waals surface area contributed by atoms with E-state index < -0.39 is 52.2 Å². The second kappa shape index (κ2) is 8.00. The lowest BCUT2D eigenvalue weighted by molar-refractivity contribution is -0.127. The van der Waals surface area contributed by atoms with Gasteiger partial charge in [0, 0.05) is 17.6 Å². The zero-order valence-electron chi connectivity index (χ0n) is 19.5. The van der Waals surface area contributed by atoms with Crippen molar-refractivity contribution in [1.82, 2.24) is 0 Å². The van der Waals surface area contributed by atoms with Crippen molar-refractivity contribution in [3.63, 3.8) is 0 Å². The number of allylic oxidation sites excluding steroid dienone is 2. The molecule has 0 aromatic heterocycles. The summed E-state index contributed by atoms with van der Waals surface area (Å²) in [7, 11) is 0. The van der Waals surface area contributed by atoms with E-state index in [0.29, 0.717) is 29.7 Å². The summed E-state index contributed by atoms with van der Waals surface area (Å²) in [5.74, 6) is -5.54. The normalized spacial score (nSPS) is 25.1. The Bertz CT molecular complexity index is 1220. The molecule has 0 heterocycles. The number of carbonyl (C=O) groups excluding carboxylic acids is 3. The number of phenols is 1. The molecular weight excluding hydrogens is 440 g/mol. The summed E-state index contributed by atoms with van der Waals surface area (Å²) in [6, 6.07) is 3.10. The molecule has 9 heteroatoms. The third kappa shape index (κ3) is 3.74. The third-order valence-corrected chi connectivity index (χ3v) is 6.62. The van der Waals surface area contributed by atoms with Crippen molar-refractivity contribution in [3.05, 3.63) is 45.7 Å². The number of primary amides is 1. The molecule has 4 rings (SSSR count). The maximum absolute atomic E-state index is 13.4. The molecule has 3 unspecified atom stereocenters. The van der Waals surface area contributed by atoms with Crippen LogP contribution in [0.25, 0.3) is 5.76 Å². The van der Waals surface area contributed by atoms with Crippen molar-refractivity contribution in [2.45, 2.75) is 52.6 Å². The van der Waals surface area contributed by atoms with Crippen LogP contribution in [0.15, 0.2) is 34.2 Å². The lowest BCUT2D eigenvalue weighted by Gasteiger charge is -2.41. The number of nitrogens with two attached hydrogens (primary N) is 1. The van der Waals surface area contributed by atoms with E-state index in [0.717, 1.165) is 0 Å². The molecule has 34 heavy (non-hydrogen) atoms. The number of oxime groups is 1. The molecular formula is C25H28N2O7. The number of aliphatic hydroxyl groups is 2. The van der Waals surface area contributed by atoms with Gasteiger partial charge in [0.2, 0.25) is 0 Å². The molecule has 1 amide bonds. The van der Waals surface area contributed by atoms with E-state index in [9.17, 15) is 29.7 Å². The Kier molecular flexibility index (Phi) is 5.54. The number of hydrogen-bond donors (Lipinski definition) is 4. The molecule has 3 atom stereocenters. The van der Waals surface area contributed by atoms with E-state index in [1.54, 1.807) is 13.0 Å². The Morgan fingerprint density at radius 1 is 1.15 bits per heavy atom. The average molecular weight is 469 g/mol. The van der Waals surface area contributed by atoms with E-state index in [4.69, 9.17) is 10.6 Å². The quantitative estimate of drug-likeness (QED) is 0.301. The van der Waals surface area contributed by atoms with Crippen LogP contribution in [0.5, 0.6) is 5.75 Å². The van der Waals surface area contributed by atoms with Crippen LogP contribution in [-0.2, 0) is 25.6 Å². The van der Waals surface area contributed by atoms with Gasteiger partial charge < -0.3 is 25.9 Å². The van der Waals surface area contributed by atoms with Crippen LogP contribution in [0.4, 0.5) is 0 Å². The van der Waals surface area contributed by atoms with Crippen LogP contribution in [0.2, 0.25) is 0 Å². The summed E-state index contributed by atoms with van der Waals surface area (Å²) in [5.41, 5.74) is 6.22. The van der Waals surface area contributed by atoms with Crippen molar-refractivity contribution in [2.24, 2.45) is 28.6 Å². The lowest BCUT2D eigenvalue weighted by atomic mass is 9.61. The van der Waals surface area contributed by atoms with E-state index >= 15 is 0 Å². The van der Waals surface area contributed by atoms with Crippen molar-refractivity contribution >= 4 is 28.9 Å². The number of fused-ring (bicyclic) bond motifs is 3. The maximum Gasteiger partial charge on any atom is 0.255 e. The predicted octanol–water partition coefficient (Wildman–Crippen LogP) is 2.85. The Morgan fingerprint density at radius 3 is 2.44 bits per heavy atom. The molecule has 0 aliphatic heterocycles. The molecule has 180 valence electrons. The van der Waals surface area contributed by atoms with Gasteiger partial charge in [-0.15, -0.1) is 0 Å². The highest BCUT2D eigenvalue weighted by Crippen LogP contribution is 2.50.